The summed E-state index contributed by atoms with van der Waals surface area (Å²) in [6.45, 7) is 6.93. The van der Waals surface area contributed by atoms with Crippen LogP contribution in [-0.2, 0) is 4.79 Å². The Morgan fingerprint density at radius 1 is 1.35 bits per heavy atom. The molecule has 0 spiro atoms. The average Bonchev–Trinajstić information content (AvgIpc) is 2.42. The summed E-state index contributed by atoms with van der Waals surface area (Å²) in [6, 6.07) is 8.09. The van der Waals surface area contributed by atoms with Crippen molar-refractivity contribution in [3.8, 4) is 11.8 Å². The van der Waals surface area contributed by atoms with Gasteiger partial charge in [-0.2, -0.15) is 0 Å². The number of hydrogen-bond donors (Lipinski definition) is 1. The van der Waals surface area contributed by atoms with Crippen LogP contribution in [0.5, 0.6) is 0 Å². The second kappa shape index (κ2) is 8.98. The minimum absolute atomic E-state index is 0.0226. The van der Waals surface area contributed by atoms with Crippen LogP contribution in [0.2, 0.25) is 0 Å². The van der Waals surface area contributed by atoms with Gasteiger partial charge in [-0.1, -0.05) is 50.0 Å². The SMILES string of the molecule is Cc1ccccc1C#CCC/C=C/C(=O)NCC(C)C. The highest BCUT2D eigenvalue weighted by atomic mass is 16.1. The van der Waals surface area contributed by atoms with Gasteiger partial charge in [0.1, 0.15) is 0 Å². The van der Waals surface area contributed by atoms with Gasteiger partial charge in [-0.15, -0.1) is 0 Å². The fourth-order valence-corrected chi connectivity index (χ4v) is 1.58. The average molecular weight is 269 g/mol. The van der Waals surface area contributed by atoms with E-state index in [9.17, 15) is 4.79 Å². The monoisotopic (exact) mass is 269 g/mol. The van der Waals surface area contributed by atoms with Crippen LogP contribution in [0.25, 0.3) is 0 Å². The van der Waals surface area contributed by atoms with Crippen LogP contribution in [0.3, 0.4) is 0 Å². The van der Waals surface area contributed by atoms with Crippen molar-refractivity contribution in [2.24, 2.45) is 5.92 Å². The molecule has 2 heteroatoms. The molecule has 0 aliphatic rings. The molecule has 0 saturated carbocycles. The molecule has 0 aliphatic heterocycles. The molecular formula is C18H23NO. The van der Waals surface area contributed by atoms with E-state index in [1.807, 2.05) is 24.3 Å². The number of amides is 1. The second-order valence-corrected chi connectivity index (χ2v) is 5.20. The van der Waals surface area contributed by atoms with Gasteiger partial charge in [-0.25, -0.2) is 0 Å². The Balaban J connectivity index is 2.29. The summed E-state index contributed by atoms with van der Waals surface area (Å²) in [5, 5.41) is 2.84. The molecule has 0 aromatic heterocycles. The molecule has 0 heterocycles. The van der Waals surface area contributed by atoms with Gasteiger partial charge in [0, 0.05) is 18.5 Å². The summed E-state index contributed by atoms with van der Waals surface area (Å²) >= 11 is 0. The fourth-order valence-electron chi connectivity index (χ4n) is 1.58. The summed E-state index contributed by atoms with van der Waals surface area (Å²) < 4.78 is 0. The Morgan fingerprint density at radius 2 is 2.10 bits per heavy atom. The van der Waals surface area contributed by atoms with Crippen LogP contribution in [-0.4, -0.2) is 12.5 Å². The Morgan fingerprint density at radius 3 is 2.80 bits per heavy atom. The lowest BCUT2D eigenvalue weighted by Crippen LogP contribution is -2.25. The van der Waals surface area contributed by atoms with E-state index >= 15 is 0 Å². The van der Waals surface area contributed by atoms with Crippen molar-refractivity contribution < 1.29 is 4.79 Å². The molecule has 1 aromatic rings. The van der Waals surface area contributed by atoms with Crippen molar-refractivity contribution in [3.63, 3.8) is 0 Å². The van der Waals surface area contributed by atoms with E-state index in [1.54, 1.807) is 6.08 Å². The highest BCUT2D eigenvalue weighted by Gasteiger charge is 1.96. The summed E-state index contributed by atoms with van der Waals surface area (Å²) in [4.78, 5) is 11.4. The lowest BCUT2D eigenvalue weighted by Gasteiger charge is -2.03. The zero-order valence-electron chi connectivity index (χ0n) is 12.6. The van der Waals surface area contributed by atoms with Gasteiger partial charge in [0.05, 0.1) is 0 Å². The Labute approximate surface area is 122 Å². The maximum absolute atomic E-state index is 11.4. The smallest absolute Gasteiger partial charge is 0.243 e. The van der Waals surface area contributed by atoms with Crippen molar-refractivity contribution in [2.75, 3.05) is 6.54 Å². The van der Waals surface area contributed by atoms with Crippen molar-refractivity contribution in [3.05, 3.63) is 47.5 Å². The molecule has 1 rings (SSSR count). The van der Waals surface area contributed by atoms with Crippen LogP contribution in [0.15, 0.2) is 36.4 Å². The molecule has 1 N–H and O–H groups in total. The van der Waals surface area contributed by atoms with E-state index in [-0.39, 0.29) is 5.91 Å². The van der Waals surface area contributed by atoms with Crippen LogP contribution in [0, 0.1) is 24.7 Å². The third kappa shape index (κ3) is 6.80. The predicted molar refractivity (Wildman–Crippen MR) is 84.3 cm³/mol. The Bertz CT molecular complexity index is 518. The van der Waals surface area contributed by atoms with Crippen LogP contribution in [0.4, 0.5) is 0 Å². The molecule has 0 aliphatic carbocycles. The highest BCUT2D eigenvalue weighted by Crippen LogP contribution is 2.04. The maximum atomic E-state index is 11.4. The molecule has 1 amide bonds. The maximum Gasteiger partial charge on any atom is 0.243 e. The number of hydrogen-bond acceptors (Lipinski definition) is 1. The van der Waals surface area contributed by atoms with E-state index in [4.69, 9.17) is 0 Å². The number of benzene rings is 1. The Kier molecular flexibility index (Phi) is 7.21. The van der Waals surface area contributed by atoms with E-state index in [0.29, 0.717) is 5.92 Å². The lowest BCUT2D eigenvalue weighted by molar-refractivity contribution is -0.116. The fraction of sp³-hybridized carbons (Fsp3) is 0.389. The van der Waals surface area contributed by atoms with E-state index in [2.05, 4.69) is 44.0 Å². The number of unbranched alkanes of at least 4 members (excludes halogenated alkanes) is 1. The largest absolute Gasteiger partial charge is 0.352 e. The third-order valence-corrected chi connectivity index (χ3v) is 2.76. The quantitative estimate of drug-likeness (QED) is 0.495. The third-order valence-electron chi connectivity index (χ3n) is 2.76. The Hall–Kier alpha value is -2.01. The standard InChI is InChI=1S/C18H23NO/c1-15(2)14-19-18(20)13-7-5-4-6-11-17-12-9-8-10-16(17)3/h7-10,12-13,15H,4-5,14H2,1-3H3,(H,19,20)/b13-7+. The molecule has 106 valence electrons. The van der Waals surface area contributed by atoms with Crippen molar-refractivity contribution in [2.45, 2.75) is 33.6 Å². The second-order valence-electron chi connectivity index (χ2n) is 5.20. The zero-order valence-corrected chi connectivity index (χ0v) is 12.6. The first kappa shape index (κ1) is 16.0. The molecular weight excluding hydrogens is 246 g/mol. The topological polar surface area (TPSA) is 29.1 Å². The number of nitrogens with one attached hydrogen (secondary N) is 1. The van der Waals surface area contributed by atoms with Gasteiger partial charge in [-0.05, 0) is 37.0 Å². The minimum atomic E-state index is -0.0226. The molecule has 0 bridgehead atoms. The number of allylic oxidation sites excluding steroid dienone is 1. The van der Waals surface area contributed by atoms with Crippen molar-refractivity contribution in [1.82, 2.24) is 5.32 Å². The van der Waals surface area contributed by atoms with Gasteiger partial charge in [-0.3, -0.25) is 4.79 Å². The lowest BCUT2D eigenvalue weighted by atomic mass is 10.1. The van der Waals surface area contributed by atoms with E-state index in [1.165, 1.54) is 5.56 Å². The van der Waals surface area contributed by atoms with Crippen LogP contribution < -0.4 is 5.32 Å². The van der Waals surface area contributed by atoms with Gasteiger partial charge in [0.15, 0.2) is 0 Å². The van der Waals surface area contributed by atoms with Gasteiger partial charge < -0.3 is 5.32 Å². The minimum Gasteiger partial charge on any atom is -0.352 e. The molecule has 0 saturated heterocycles. The summed E-state index contributed by atoms with van der Waals surface area (Å²) in [7, 11) is 0. The first-order chi connectivity index (χ1) is 9.59. The van der Waals surface area contributed by atoms with E-state index in [0.717, 1.165) is 24.9 Å². The summed E-state index contributed by atoms with van der Waals surface area (Å²) in [5.74, 6) is 6.75. The first-order valence-corrected chi connectivity index (χ1v) is 7.08. The van der Waals surface area contributed by atoms with Crippen molar-refractivity contribution in [1.29, 1.82) is 0 Å². The van der Waals surface area contributed by atoms with Crippen molar-refractivity contribution >= 4 is 5.91 Å². The number of carbonyl (C=O) groups is 1. The van der Waals surface area contributed by atoms with Gasteiger partial charge >= 0.3 is 0 Å². The summed E-state index contributed by atoms with van der Waals surface area (Å²) in [6.07, 6.45) is 5.04. The highest BCUT2D eigenvalue weighted by molar-refractivity contribution is 5.87. The molecule has 0 unspecified atom stereocenters. The molecule has 0 radical (unpaired) electrons. The van der Waals surface area contributed by atoms with Crippen LogP contribution >= 0.6 is 0 Å². The normalized spacial score (nSPS) is 10.4. The molecule has 0 atom stereocenters. The van der Waals surface area contributed by atoms with Gasteiger partial charge in [0.25, 0.3) is 0 Å². The predicted octanol–water partition coefficient (Wildman–Crippen LogP) is 3.46. The zero-order chi connectivity index (χ0) is 14.8. The van der Waals surface area contributed by atoms with E-state index < -0.39 is 0 Å². The summed E-state index contributed by atoms with van der Waals surface area (Å²) in [5.41, 5.74) is 2.27. The molecule has 0 fully saturated rings. The molecule has 1 aromatic carbocycles. The van der Waals surface area contributed by atoms with Crippen LogP contribution in [0.1, 0.15) is 37.8 Å². The number of aryl methyl sites for hydroxylation is 1. The molecule has 2 nitrogen and oxygen atoms in total. The first-order valence-electron chi connectivity index (χ1n) is 7.08. The van der Waals surface area contributed by atoms with Gasteiger partial charge in [0.2, 0.25) is 5.91 Å². The number of rotatable bonds is 5. The number of carbonyl (C=O) groups excluding carboxylic acids is 1. The molecule has 20 heavy (non-hydrogen) atoms.